The van der Waals surface area contributed by atoms with Crippen LogP contribution in [0.1, 0.15) is 28.7 Å². The lowest BCUT2D eigenvalue weighted by molar-refractivity contribution is 0.0763. The molecule has 108 valence electrons. The molecular formula is C13H18N4O2S. The fourth-order valence-corrected chi connectivity index (χ4v) is 2.41. The number of aliphatic hydroxyl groups excluding tert-OH is 1. The van der Waals surface area contributed by atoms with Gasteiger partial charge in [-0.05, 0) is 24.8 Å². The zero-order valence-electron chi connectivity index (χ0n) is 11.6. The maximum atomic E-state index is 12.1. The summed E-state index contributed by atoms with van der Waals surface area (Å²) in [5.41, 5.74) is 0.328. The van der Waals surface area contributed by atoms with Crippen LogP contribution in [0.3, 0.4) is 0 Å². The molecule has 0 spiro atoms. The molecule has 0 aliphatic rings. The first-order chi connectivity index (χ1) is 9.56. The molecule has 0 fully saturated rings. The van der Waals surface area contributed by atoms with Gasteiger partial charge in [-0.2, -0.15) is 0 Å². The van der Waals surface area contributed by atoms with Crippen molar-refractivity contribution in [2.75, 3.05) is 13.6 Å². The molecule has 6 nitrogen and oxygen atoms in total. The highest BCUT2D eigenvalue weighted by Gasteiger charge is 2.16. The smallest absolute Gasteiger partial charge is 0.275 e. The molecule has 0 aromatic carbocycles. The number of rotatable bonds is 6. The molecule has 2 heterocycles. The predicted octanol–water partition coefficient (Wildman–Crippen LogP) is 1.23. The molecule has 1 amide bonds. The van der Waals surface area contributed by atoms with Crippen molar-refractivity contribution in [3.05, 3.63) is 34.3 Å². The second-order valence-corrected chi connectivity index (χ2v) is 5.78. The fraction of sp³-hybridized carbons (Fsp3) is 0.462. The van der Waals surface area contributed by atoms with E-state index in [2.05, 4.69) is 10.3 Å². The Morgan fingerprint density at radius 1 is 1.60 bits per heavy atom. The van der Waals surface area contributed by atoms with Crippen LogP contribution in [0.25, 0.3) is 0 Å². The molecule has 0 aliphatic carbocycles. The summed E-state index contributed by atoms with van der Waals surface area (Å²) in [6.45, 7) is 2.82. The summed E-state index contributed by atoms with van der Waals surface area (Å²) in [5.74, 6) is -0.178. The maximum absolute atomic E-state index is 12.1. The first-order valence-electron chi connectivity index (χ1n) is 6.42. The largest absolute Gasteiger partial charge is 0.393 e. The van der Waals surface area contributed by atoms with Gasteiger partial charge in [0.1, 0.15) is 0 Å². The molecule has 0 bridgehead atoms. The van der Waals surface area contributed by atoms with E-state index in [1.165, 1.54) is 0 Å². The molecule has 0 radical (unpaired) electrons. The normalized spacial score (nSPS) is 12.3. The number of amides is 1. The van der Waals surface area contributed by atoms with Crippen molar-refractivity contribution in [3.8, 4) is 0 Å². The van der Waals surface area contributed by atoms with Crippen LogP contribution in [0.2, 0.25) is 0 Å². The van der Waals surface area contributed by atoms with Gasteiger partial charge in [-0.1, -0.05) is 11.3 Å². The number of aromatic nitrogens is 3. The van der Waals surface area contributed by atoms with Gasteiger partial charge in [-0.15, -0.1) is 16.4 Å². The van der Waals surface area contributed by atoms with Gasteiger partial charge in [0, 0.05) is 18.5 Å². The van der Waals surface area contributed by atoms with Crippen LogP contribution < -0.4 is 0 Å². The Morgan fingerprint density at radius 3 is 3.05 bits per heavy atom. The molecule has 1 atom stereocenters. The number of hydrogen-bond donors (Lipinski definition) is 1. The molecule has 0 aliphatic heterocycles. The summed E-state index contributed by atoms with van der Waals surface area (Å²) >= 11 is 1.64. The molecular weight excluding hydrogens is 276 g/mol. The zero-order chi connectivity index (χ0) is 14.5. The Bertz CT molecular complexity index is 550. The quantitative estimate of drug-likeness (QED) is 0.870. The molecule has 1 unspecified atom stereocenters. The summed E-state index contributed by atoms with van der Waals surface area (Å²) in [6, 6.07) is 4.00. The lowest BCUT2D eigenvalue weighted by Crippen LogP contribution is -2.29. The van der Waals surface area contributed by atoms with E-state index in [9.17, 15) is 9.90 Å². The van der Waals surface area contributed by atoms with Crippen LogP contribution in [0.4, 0.5) is 0 Å². The van der Waals surface area contributed by atoms with Crippen LogP contribution in [-0.4, -0.2) is 50.6 Å². The van der Waals surface area contributed by atoms with Gasteiger partial charge in [0.05, 0.1) is 18.8 Å². The Hall–Kier alpha value is -1.73. The van der Waals surface area contributed by atoms with E-state index >= 15 is 0 Å². The standard InChI is InChI=1S/C13H18N4O2S/c1-10(18)5-6-16(2)13(19)12-9-17(15-14-12)8-11-4-3-7-20-11/h3-4,7,9-10,18H,5-6,8H2,1-2H3. The van der Waals surface area contributed by atoms with Gasteiger partial charge >= 0.3 is 0 Å². The van der Waals surface area contributed by atoms with Crippen LogP contribution in [0, 0.1) is 0 Å². The second kappa shape index (κ2) is 6.62. The molecule has 2 aromatic rings. The minimum absolute atomic E-state index is 0.178. The average molecular weight is 294 g/mol. The molecule has 0 saturated heterocycles. The monoisotopic (exact) mass is 294 g/mol. The van der Waals surface area contributed by atoms with E-state index < -0.39 is 6.10 Å². The Morgan fingerprint density at radius 2 is 2.40 bits per heavy atom. The van der Waals surface area contributed by atoms with Gasteiger partial charge in [-0.3, -0.25) is 4.79 Å². The number of hydrogen-bond acceptors (Lipinski definition) is 5. The highest BCUT2D eigenvalue weighted by atomic mass is 32.1. The van der Waals surface area contributed by atoms with E-state index in [1.807, 2.05) is 17.5 Å². The second-order valence-electron chi connectivity index (χ2n) is 4.75. The van der Waals surface area contributed by atoms with Crippen LogP contribution in [0.15, 0.2) is 23.7 Å². The van der Waals surface area contributed by atoms with Gasteiger partial charge in [-0.25, -0.2) is 4.68 Å². The third kappa shape index (κ3) is 3.88. The molecule has 2 rings (SSSR count). The summed E-state index contributed by atoms with van der Waals surface area (Å²) in [6.07, 6.45) is 1.78. The van der Waals surface area contributed by atoms with Gasteiger partial charge < -0.3 is 10.0 Å². The first-order valence-corrected chi connectivity index (χ1v) is 7.30. The number of nitrogens with zero attached hydrogens (tertiary/aromatic N) is 4. The van der Waals surface area contributed by atoms with E-state index in [0.29, 0.717) is 25.2 Å². The number of carbonyl (C=O) groups excluding carboxylic acids is 1. The lowest BCUT2D eigenvalue weighted by atomic mass is 10.2. The summed E-state index contributed by atoms with van der Waals surface area (Å²) in [7, 11) is 1.70. The SMILES string of the molecule is CC(O)CCN(C)C(=O)c1cn(Cc2cccs2)nn1. The van der Waals surface area contributed by atoms with Gasteiger partial charge in [0.25, 0.3) is 5.91 Å². The van der Waals surface area contributed by atoms with Crippen molar-refractivity contribution in [3.63, 3.8) is 0 Å². The van der Waals surface area contributed by atoms with Crippen molar-refractivity contribution in [2.45, 2.75) is 26.0 Å². The summed E-state index contributed by atoms with van der Waals surface area (Å²) < 4.78 is 1.65. The number of thiophene rings is 1. The Labute approximate surface area is 121 Å². The van der Waals surface area contributed by atoms with Crippen LogP contribution in [0.5, 0.6) is 0 Å². The number of aliphatic hydroxyl groups is 1. The topological polar surface area (TPSA) is 71.2 Å². The summed E-state index contributed by atoms with van der Waals surface area (Å²) in [5, 5.41) is 19.1. The third-order valence-corrected chi connectivity index (χ3v) is 3.75. The van der Waals surface area contributed by atoms with E-state index in [4.69, 9.17) is 0 Å². The highest BCUT2D eigenvalue weighted by Crippen LogP contribution is 2.10. The zero-order valence-corrected chi connectivity index (χ0v) is 12.4. The molecule has 1 N–H and O–H groups in total. The molecule has 2 aromatic heterocycles. The van der Waals surface area contributed by atoms with Gasteiger partial charge in [0.15, 0.2) is 5.69 Å². The Kier molecular flexibility index (Phi) is 4.86. The Balaban J connectivity index is 1.95. The van der Waals surface area contributed by atoms with Crippen LogP contribution >= 0.6 is 11.3 Å². The fourth-order valence-electron chi connectivity index (χ4n) is 1.71. The van der Waals surface area contributed by atoms with Crippen molar-refractivity contribution in [2.24, 2.45) is 0 Å². The lowest BCUT2D eigenvalue weighted by Gasteiger charge is -2.16. The average Bonchev–Trinajstić information content (AvgIpc) is 3.07. The van der Waals surface area contributed by atoms with Crippen molar-refractivity contribution < 1.29 is 9.90 Å². The minimum atomic E-state index is -0.417. The van der Waals surface area contributed by atoms with E-state index in [-0.39, 0.29) is 5.91 Å². The van der Waals surface area contributed by atoms with E-state index in [1.54, 1.807) is 41.1 Å². The van der Waals surface area contributed by atoms with E-state index in [0.717, 1.165) is 4.88 Å². The first kappa shape index (κ1) is 14.7. The minimum Gasteiger partial charge on any atom is -0.393 e. The van der Waals surface area contributed by atoms with Gasteiger partial charge in [0.2, 0.25) is 0 Å². The highest BCUT2D eigenvalue weighted by molar-refractivity contribution is 7.09. The van der Waals surface area contributed by atoms with Crippen LogP contribution in [-0.2, 0) is 6.54 Å². The van der Waals surface area contributed by atoms with Crippen molar-refractivity contribution in [1.29, 1.82) is 0 Å². The molecule has 20 heavy (non-hydrogen) atoms. The number of carbonyl (C=O) groups is 1. The third-order valence-electron chi connectivity index (χ3n) is 2.88. The maximum Gasteiger partial charge on any atom is 0.275 e. The molecule has 0 saturated carbocycles. The molecule has 7 heteroatoms. The predicted molar refractivity (Wildman–Crippen MR) is 76.7 cm³/mol. The summed E-state index contributed by atoms with van der Waals surface area (Å²) in [4.78, 5) is 14.8. The van der Waals surface area contributed by atoms with Crippen molar-refractivity contribution in [1.82, 2.24) is 19.9 Å². The van der Waals surface area contributed by atoms with Crippen molar-refractivity contribution >= 4 is 17.2 Å².